The van der Waals surface area contributed by atoms with Crippen molar-refractivity contribution in [1.29, 1.82) is 0 Å². The van der Waals surface area contributed by atoms with Crippen molar-refractivity contribution < 1.29 is 9.90 Å². The Bertz CT molecular complexity index is 587. The van der Waals surface area contributed by atoms with Gasteiger partial charge in [-0.2, -0.15) is 0 Å². The zero-order valence-electron chi connectivity index (χ0n) is 9.54. The Morgan fingerprint density at radius 3 is 2.76 bits per heavy atom. The van der Waals surface area contributed by atoms with Gasteiger partial charge in [0.2, 0.25) is 0 Å². The van der Waals surface area contributed by atoms with Gasteiger partial charge in [0.05, 0.1) is 12.0 Å². The number of carboxylic acids is 1. The number of fused-ring (bicyclic) bond motifs is 1. The first-order chi connectivity index (χ1) is 8.09. The molecule has 0 radical (unpaired) electrons. The van der Waals surface area contributed by atoms with E-state index in [0.29, 0.717) is 5.69 Å². The summed E-state index contributed by atoms with van der Waals surface area (Å²) in [6, 6.07) is 7.57. The van der Waals surface area contributed by atoms with E-state index in [1.54, 1.807) is 11.2 Å². The first-order valence-corrected chi connectivity index (χ1v) is 5.86. The van der Waals surface area contributed by atoms with Crippen LogP contribution in [0.1, 0.15) is 9.67 Å². The number of hydrogen-bond donors (Lipinski definition) is 1. The highest BCUT2D eigenvalue weighted by Crippen LogP contribution is 2.37. The molecule has 1 heterocycles. The van der Waals surface area contributed by atoms with Crippen molar-refractivity contribution in [2.24, 2.45) is 4.99 Å². The lowest BCUT2D eigenvalue weighted by atomic mass is 10.2. The van der Waals surface area contributed by atoms with Gasteiger partial charge in [-0.05, 0) is 6.07 Å². The van der Waals surface area contributed by atoms with Crippen LogP contribution in [0.3, 0.4) is 0 Å². The molecule has 0 aliphatic carbocycles. The second-order valence-electron chi connectivity index (χ2n) is 3.79. The van der Waals surface area contributed by atoms with Crippen LogP contribution in [0.4, 0.5) is 5.69 Å². The maximum Gasteiger partial charge on any atom is 0.348 e. The monoisotopic (exact) mass is 248 g/mol. The molecule has 0 saturated carbocycles. The fourth-order valence-electron chi connectivity index (χ4n) is 1.48. The summed E-state index contributed by atoms with van der Waals surface area (Å²) in [6.07, 6.45) is 1.61. The number of aliphatic imine (C=N–C) groups is 1. The van der Waals surface area contributed by atoms with Gasteiger partial charge in [-0.1, -0.05) is 18.2 Å². The minimum Gasteiger partial charge on any atom is -0.477 e. The first kappa shape index (κ1) is 11.6. The second kappa shape index (κ2) is 4.55. The molecule has 4 nitrogen and oxygen atoms in total. The number of hydrogen-bond acceptors (Lipinski definition) is 3. The van der Waals surface area contributed by atoms with Crippen LogP contribution in [0.15, 0.2) is 29.3 Å². The van der Waals surface area contributed by atoms with E-state index >= 15 is 0 Å². The van der Waals surface area contributed by atoms with Crippen molar-refractivity contribution in [2.45, 2.75) is 0 Å². The highest BCUT2D eigenvalue weighted by atomic mass is 32.1. The summed E-state index contributed by atoms with van der Waals surface area (Å²) >= 11 is 1.25. The quantitative estimate of drug-likeness (QED) is 0.671. The molecule has 0 bridgehead atoms. The molecule has 0 saturated heterocycles. The van der Waals surface area contributed by atoms with Gasteiger partial charge in [0, 0.05) is 24.2 Å². The largest absolute Gasteiger partial charge is 0.477 e. The maximum absolute atomic E-state index is 11.2. The van der Waals surface area contributed by atoms with Crippen molar-refractivity contribution in [3.05, 3.63) is 29.1 Å². The van der Waals surface area contributed by atoms with Crippen molar-refractivity contribution in [3.8, 4) is 0 Å². The summed E-state index contributed by atoms with van der Waals surface area (Å²) in [7, 11) is 3.69. The summed E-state index contributed by atoms with van der Waals surface area (Å²) < 4.78 is 0.941. The molecule has 5 heteroatoms. The Morgan fingerprint density at radius 2 is 2.12 bits per heavy atom. The predicted octanol–water partition coefficient (Wildman–Crippen LogP) is 2.82. The van der Waals surface area contributed by atoms with Crippen molar-refractivity contribution in [3.63, 3.8) is 0 Å². The Balaban J connectivity index is 2.64. The highest BCUT2D eigenvalue weighted by Gasteiger charge is 2.16. The summed E-state index contributed by atoms with van der Waals surface area (Å²) in [5.74, 6) is -0.933. The number of aromatic carboxylic acids is 1. The van der Waals surface area contributed by atoms with Crippen molar-refractivity contribution in [2.75, 3.05) is 14.1 Å². The lowest BCUT2D eigenvalue weighted by Crippen LogP contribution is -2.07. The van der Waals surface area contributed by atoms with Crippen LogP contribution in [0.5, 0.6) is 0 Å². The number of carbonyl (C=O) groups is 1. The van der Waals surface area contributed by atoms with Crippen LogP contribution < -0.4 is 0 Å². The molecular formula is C12H12N2O2S. The Hall–Kier alpha value is -1.88. The smallest absolute Gasteiger partial charge is 0.348 e. The Labute approximate surface area is 103 Å². The molecule has 0 spiro atoms. The van der Waals surface area contributed by atoms with Gasteiger partial charge in [0.1, 0.15) is 4.88 Å². The third kappa shape index (κ3) is 2.29. The van der Waals surface area contributed by atoms with Gasteiger partial charge in [0.15, 0.2) is 0 Å². The number of thiophene rings is 1. The molecule has 0 unspecified atom stereocenters. The Morgan fingerprint density at radius 1 is 1.41 bits per heavy atom. The van der Waals surface area contributed by atoms with Crippen LogP contribution in [-0.4, -0.2) is 36.4 Å². The standard InChI is InChI=1S/C12H12N2O2S/c1-14(2)7-13-10-8-5-3-4-6-9(8)17-11(10)12(15)16/h3-7H,1-2H3,(H,15,16). The molecule has 2 rings (SSSR count). The molecule has 0 aliphatic rings. The average molecular weight is 248 g/mol. The van der Waals surface area contributed by atoms with Gasteiger partial charge in [-0.25, -0.2) is 9.79 Å². The van der Waals surface area contributed by atoms with Crippen molar-refractivity contribution >= 4 is 39.4 Å². The minimum atomic E-state index is -0.933. The second-order valence-corrected chi connectivity index (χ2v) is 4.84. The normalized spacial score (nSPS) is 11.2. The molecule has 1 aromatic carbocycles. The van der Waals surface area contributed by atoms with E-state index in [9.17, 15) is 4.79 Å². The molecule has 1 aromatic heterocycles. The van der Waals surface area contributed by atoms with Crippen LogP contribution in [-0.2, 0) is 0 Å². The van der Waals surface area contributed by atoms with E-state index < -0.39 is 5.97 Å². The van der Waals surface area contributed by atoms with Gasteiger partial charge in [-0.3, -0.25) is 0 Å². The van der Waals surface area contributed by atoms with Gasteiger partial charge in [-0.15, -0.1) is 11.3 Å². The molecule has 0 amide bonds. The summed E-state index contributed by atoms with van der Waals surface area (Å²) in [6.45, 7) is 0. The summed E-state index contributed by atoms with van der Waals surface area (Å²) in [5, 5.41) is 10.0. The molecule has 2 aromatic rings. The third-order valence-electron chi connectivity index (χ3n) is 2.18. The summed E-state index contributed by atoms with van der Waals surface area (Å²) in [5.41, 5.74) is 0.534. The lowest BCUT2D eigenvalue weighted by molar-refractivity contribution is 0.0703. The predicted molar refractivity (Wildman–Crippen MR) is 70.6 cm³/mol. The highest BCUT2D eigenvalue weighted by molar-refractivity contribution is 7.21. The van der Waals surface area contributed by atoms with E-state index in [1.807, 2.05) is 38.4 Å². The molecule has 88 valence electrons. The third-order valence-corrected chi connectivity index (χ3v) is 3.33. The van der Waals surface area contributed by atoms with E-state index in [4.69, 9.17) is 5.11 Å². The SMILES string of the molecule is CN(C)C=Nc1c(C(=O)O)sc2ccccc12. The first-order valence-electron chi connectivity index (χ1n) is 5.05. The number of carboxylic acid groups (broad SMARTS) is 1. The molecule has 0 aliphatic heterocycles. The van der Waals surface area contributed by atoms with Crippen LogP contribution >= 0.6 is 11.3 Å². The number of benzene rings is 1. The molecule has 1 N–H and O–H groups in total. The lowest BCUT2D eigenvalue weighted by Gasteiger charge is -2.02. The molecular weight excluding hydrogens is 236 g/mol. The van der Waals surface area contributed by atoms with Gasteiger partial charge < -0.3 is 10.0 Å². The van der Waals surface area contributed by atoms with E-state index in [0.717, 1.165) is 10.1 Å². The zero-order valence-corrected chi connectivity index (χ0v) is 10.4. The molecule has 17 heavy (non-hydrogen) atoms. The molecule has 0 fully saturated rings. The van der Waals surface area contributed by atoms with E-state index in [-0.39, 0.29) is 4.88 Å². The Kier molecular flexibility index (Phi) is 3.10. The van der Waals surface area contributed by atoms with Gasteiger partial charge >= 0.3 is 5.97 Å². The van der Waals surface area contributed by atoms with E-state index in [1.165, 1.54) is 11.3 Å². The van der Waals surface area contributed by atoms with Crippen LogP contribution in [0.2, 0.25) is 0 Å². The van der Waals surface area contributed by atoms with Crippen LogP contribution in [0.25, 0.3) is 10.1 Å². The van der Waals surface area contributed by atoms with E-state index in [2.05, 4.69) is 4.99 Å². The number of nitrogens with zero attached hydrogens (tertiary/aromatic N) is 2. The maximum atomic E-state index is 11.2. The van der Waals surface area contributed by atoms with Crippen molar-refractivity contribution in [1.82, 2.24) is 4.90 Å². The molecule has 0 atom stereocenters. The zero-order chi connectivity index (χ0) is 12.4. The van der Waals surface area contributed by atoms with Gasteiger partial charge in [0.25, 0.3) is 0 Å². The fraction of sp³-hybridized carbons (Fsp3) is 0.167. The average Bonchev–Trinajstić information content (AvgIpc) is 2.65. The minimum absolute atomic E-state index is 0.282. The number of rotatable bonds is 3. The summed E-state index contributed by atoms with van der Waals surface area (Å²) in [4.78, 5) is 17.5. The topological polar surface area (TPSA) is 52.9 Å². The fourth-order valence-corrected chi connectivity index (χ4v) is 2.47. The van der Waals surface area contributed by atoms with Crippen LogP contribution in [0, 0.1) is 0 Å².